The number of esters is 1. The fourth-order valence-electron chi connectivity index (χ4n) is 2.48. The van der Waals surface area contributed by atoms with Gasteiger partial charge in [-0.05, 0) is 11.5 Å². The van der Waals surface area contributed by atoms with Gasteiger partial charge in [0.1, 0.15) is 5.82 Å². The molecule has 8 heteroatoms. The fourth-order valence-corrected chi connectivity index (χ4v) is 3.13. The topological polar surface area (TPSA) is 95.4 Å². The fraction of sp³-hybridized carbons (Fsp3) is 0.294. The number of thioether (sulfide) groups is 1. The monoisotopic (exact) mass is 357 g/mol. The van der Waals surface area contributed by atoms with Crippen molar-refractivity contribution in [1.82, 2.24) is 19.6 Å². The van der Waals surface area contributed by atoms with E-state index in [0.717, 1.165) is 16.8 Å². The van der Waals surface area contributed by atoms with Crippen LogP contribution in [0.3, 0.4) is 0 Å². The summed E-state index contributed by atoms with van der Waals surface area (Å²) in [6.45, 7) is 4.13. The van der Waals surface area contributed by atoms with E-state index in [2.05, 4.69) is 33.7 Å². The molecule has 0 saturated heterocycles. The number of anilines is 1. The van der Waals surface area contributed by atoms with Crippen molar-refractivity contribution in [2.24, 2.45) is 0 Å². The molecule has 7 nitrogen and oxygen atoms in total. The summed E-state index contributed by atoms with van der Waals surface area (Å²) in [5.74, 6) is 0.879. The van der Waals surface area contributed by atoms with E-state index < -0.39 is 0 Å². The molecule has 0 atom stereocenters. The van der Waals surface area contributed by atoms with Crippen LogP contribution >= 0.6 is 11.8 Å². The predicted octanol–water partition coefficient (Wildman–Crippen LogP) is 2.76. The largest absolute Gasteiger partial charge is 0.468 e. The minimum Gasteiger partial charge on any atom is -0.468 e. The molecule has 0 aliphatic heterocycles. The van der Waals surface area contributed by atoms with Crippen LogP contribution in [0.25, 0.3) is 16.9 Å². The van der Waals surface area contributed by atoms with Gasteiger partial charge in [0.2, 0.25) is 5.16 Å². The molecule has 0 saturated carbocycles. The quantitative estimate of drug-likeness (QED) is 0.554. The molecule has 0 radical (unpaired) electrons. The lowest BCUT2D eigenvalue weighted by Gasteiger charge is -2.14. The van der Waals surface area contributed by atoms with Gasteiger partial charge in [-0.2, -0.15) is 9.50 Å². The van der Waals surface area contributed by atoms with Crippen LogP contribution in [0.5, 0.6) is 0 Å². The van der Waals surface area contributed by atoms with Crippen molar-refractivity contribution in [1.29, 1.82) is 0 Å². The van der Waals surface area contributed by atoms with Gasteiger partial charge in [0.15, 0.2) is 0 Å². The first-order valence-electron chi connectivity index (χ1n) is 7.82. The summed E-state index contributed by atoms with van der Waals surface area (Å²) >= 11 is 1.19. The number of aromatic nitrogens is 4. The van der Waals surface area contributed by atoms with E-state index in [-0.39, 0.29) is 17.6 Å². The van der Waals surface area contributed by atoms with Crippen molar-refractivity contribution in [2.75, 3.05) is 18.6 Å². The summed E-state index contributed by atoms with van der Waals surface area (Å²) in [5.41, 5.74) is 9.12. The maximum Gasteiger partial charge on any atom is 0.316 e. The van der Waals surface area contributed by atoms with Crippen LogP contribution in [-0.2, 0) is 9.53 Å². The van der Waals surface area contributed by atoms with Crippen LogP contribution in [0.1, 0.15) is 25.5 Å². The van der Waals surface area contributed by atoms with Gasteiger partial charge >= 0.3 is 5.97 Å². The number of hydrogen-bond acceptors (Lipinski definition) is 7. The van der Waals surface area contributed by atoms with Crippen molar-refractivity contribution in [3.05, 3.63) is 36.0 Å². The van der Waals surface area contributed by atoms with E-state index in [1.54, 1.807) is 0 Å². The van der Waals surface area contributed by atoms with Crippen molar-refractivity contribution in [2.45, 2.75) is 24.9 Å². The van der Waals surface area contributed by atoms with Crippen molar-refractivity contribution < 1.29 is 9.53 Å². The zero-order chi connectivity index (χ0) is 18.0. The van der Waals surface area contributed by atoms with Gasteiger partial charge in [-0.25, -0.2) is 4.98 Å². The third-order valence-electron chi connectivity index (χ3n) is 3.69. The first-order valence-corrected chi connectivity index (χ1v) is 8.81. The lowest BCUT2D eigenvalue weighted by Crippen LogP contribution is -2.08. The predicted molar refractivity (Wildman–Crippen MR) is 97.5 cm³/mol. The molecule has 0 aliphatic rings. The van der Waals surface area contributed by atoms with Gasteiger partial charge in [-0.1, -0.05) is 55.9 Å². The Hall–Kier alpha value is -2.61. The Kier molecular flexibility index (Phi) is 4.89. The highest BCUT2D eigenvalue weighted by molar-refractivity contribution is 7.99. The maximum atomic E-state index is 11.3. The van der Waals surface area contributed by atoms with Gasteiger partial charge < -0.3 is 10.5 Å². The molecular formula is C17H19N5O2S. The number of ether oxygens (including phenoxy) is 1. The number of nitrogens with zero attached hydrogens (tertiary/aromatic N) is 4. The van der Waals surface area contributed by atoms with E-state index in [0.29, 0.717) is 16.8 Å². The van der Waals surface area contributed by atoms with Gasteiger partial charge in [0.25, 0.3) is 5.78 Å². The zero-order valence-corrected chi connectivity index (χ0v) is 15.1. The van der Waals surface area contributed by atoms with Gasteiger partial charge in [0.05, 0.1) is 18.6 Å². The van der Waals surface area contributed by atoms with E-state index in [9.17, 15) is 4.79 Å². The number of fused-ring (bicyclic) bond motifs is 1. The molecule has 0 bridgehead atoms. The second-order valence-electron chi connectivity index (χ2n) is 5.75. The minimum absolute atomic E-state index is 0.135. The average Bonchev–Trinajstić information content (AvgIpc) is 3.03. The molecule has 2 N–H and O–H groups in total. The summed E-state index contributed by atoms with van der Waals surface area (Å²) in [5, 5.41) is 4.81. The number of carbonyl (C=O) groups is 1. The van der Waals surface area contributed by atoms with E-state index in [1.165, 1.54) is 23.4 Å². The molecule has 2 aromatic heterocycles. The number of hydrogen-bond donors (Lipinski definition) is 1. The summed E-state index contributed by atoms with van der Waals surface area (Å²) in [6.07, 6.45) is 0. The number of methoxy groups -OCH3 is 1. The van der Waals surface area contributed by atoms with Gasteiger partial charge in [0, 0.05) is 5.56 Å². The van der Waals surface area contributed by atoms with Crippen molar-refractivity contribution in [3.63, 3.8) is 0 Å². The number of benzene rings is 1. The molecule has 2 heterocycles. The standard InChI is InChI=1S/C17H19N5O2S/c1-10(2)14-13(11-7-5-4-6-8-11)15(18)22-16(19-14)20-17(21-22)25-9-12(23)24-3/h4-8,10H,9,18H2,1-3H3. The minimum atomic E-state index is -0.336. The van der Waals surface area contributed by atoms with Crippen LogP contribution < -0.4 is 5.73 Å². The highest BCUT2D eigenvalue weighted by Crippen LogP contribution is 2.33. The summed E-state index contributed by atoms with van der Waals surface area (Å²) < 4.78 is 6.16. The molecule has 3 aromatic rings. The Morgan fingerprint density at radius 1 is 1.28 bits per heavy atom. The third kappa shape index (κ3) is 3.43. The Labute approximate surface area is 149 Å². The smallest absolute Gasteiger partial charge is 0.316 e. The van der Waals surface area contributed by atoms with Crippen molar-refractivity contribution in [3.8, 4) is 11.1 Å². The maximum absolute atomic E-state index is 11.3. The number of nitrogens with two attached hydrogens (primary N) is 1. The molecule has 0 amide bonds. The first-order chi connectivity index (χ1) is 12.0. The van der Waals surface area contributed by atoms with Crippen molar-refractivity contribution >= 4 is 29.3 Å². The molecule has 0 aliphatic carbocycles. The molecule has 0 unspecified atom stereocenters. The highest BCUT2D eigenvalue weighted by Gasteiger charge is 2.20. The van der Waals surface area contributed by atoms with E-state index >= 15 is 0 Å². The highest BCUT2D eigenvalue weighted by atomic mass is 32.2. The molecular weight excluding hydrogens is 338 g/mol. The Morgan fingerprint density at radius 3 is 2.64 bits per heavy atom. The summed E-state index contributed by atoms with van der Waals surface area (Å²) in [6, 6.07) is 9.87. The van der Waals surface area contributed by atoms with Gasteiger partial charge in [-0.15, -0.1) is 5.10 Å². The second kappa shape index (κ2) is 7.10. The van der Waals surface area contributed by atoms with Crippen LogP contribution in [0.2, 0.25) is 0 Å². The normalized spacial score (nSPS) is 11.2. The number of carbonyl (C=O) groups excluding carboxylic acids is 1. The molecule has 3 rings (SSSR count). The lowest BCUT2D eigenvalue weighted by atomic mass is 9.98. The lowest BCUT2D eigenvalue weighted by molar-refractivity contribution is -0.137. The third-order valence-corrected chi connectivity index (χ3v) is 4.50. The molecule has 1 aromatic carbocycles. The Balaban J connectivity index is 2.11. The molecule has 130 valence electrons. The first kappa shape index (κ1) is 17.2. The van der Waals surface area contributed by atoms with Crippen LogP contribution in [0.4, 0.5) is 5.82 Å². The molecule has 25 heavy (non-hydrogen) atoms. The summed E-state index contributed by atoms with van der Waals surface area (Å²) in [4.78, 5) is 20.3. The average molecular weight is 357 g/mol. The summed E-state index contributed by atoms with van der Waals surface area (Å²) in [7, 11) is 1.35. The van der Waals surface area contributed by atoms with Gasteiger partial charge in [-0.3, -0.25) is 4.79 Å². The number of rotatable bonds is 5. The van der Waals surface area contributed by atoms with Crippen LogP contribution in [0.15, 0.2) is 35.5 Å². The van der Waals surface area contributed by atoms with E-state index in [1.807, 2.05) is 30.3 Å². The zero-order valence-electron chi connectivity index (χ0n) is 14.3. The molecule has 0 spiro atoms. The second-order valence-corrected chi connectivity index (χ2v) is 6.69. The molecule has 0 fully saturated rings. The number of nitrogen functional groups attached to an aromatic ring is 1. The Morgan fingerprint density at radius 2 is 2.00 bits per heavy atom. The van der Waals surface area contributed by atoms with E-state index in [4.69, 9.17) is 5.73 Å². The SMILES string of the molecule is COC(=O)CSc1nc2nc(C(C)C)c(-c3ccccc3)c(N)n2n1. The van der Waals surface area contributed by atoms with Crippen LogP contribution in [-0.4, -0.2) is 38.4 Å². The Bertz CT molecular complexity index is 908. The van der Waals surface area contributed by atoms with Crippen LogP contribution in [0, 0.1) is 0 Å².